The molecule has 4 rings (SSSR count). The molecule has 3 unspecified atom stereocenters. The molecule has 2 amide bonds. The summed E-state index contributed by atoms with van der Waals surface area (Å²) < 4.78 is 12.2. The van der Waals surface area contributed by atoms with Gasteiger partial charge in [0.1, 0.15) is 11.6 Å². The number of esters is 1. The van der Waals surface area contributed by atoms with Gasteiger partial charge >= 0.3 is 5.97 Å². The lowest BCUT2D eigenvalue weighted by Gasteiger charge is -2.37. The van der Waals surface area contributed by atoms with Crippen molar-refractivity contribution in [2.24, 2.45) is 11.8 Å². The van der Waals surface area contributed by atoms with E-state index in [2.05, 4.69) is 47.8 Å². The number of fused-ring (bicyclic) bond motifs is 1. The van der Waals surface area contributed by atoms with E-state index >= 15 is 0 Å². The SMILES string of the molecule is C=CCCCCOC(=O)[C@H]1[C@H]2C(=O)N(CCCO)C(C(=O)N(CC=C)c3ccc(N(CC)CC)cc3)C23CC(Br)[C@@H]1O3. The Morgan fingerprint density at radius 2 is 1.83 bits per heavy atom. The fourth-order valence-electron chi connectivity index (χ4n) is 6.85. The van der Waals surface area contributed by atoms with Gasteiger partial charge in [0.25, 0.3) is 5.91 Å². The number of allylic oxidation sites excluding steroid dienone is 1. The van der Waals surface area contributed by atoms with Gasteiger partial charge in [-0.15, -0.1) is 13.2 Å². The van der Waals surface area contributed by atoms with Crippen LogP contribution in [0.15, 0.2) is 49.6 Å². The van der Waals surface area contributed by atoms with Crippen molar-refractivity contribution < 1.29 is 29.0 Å². The van der Waals surface area contributed by atoms with E-state index in [1.54, 1.807) is 11.0 Å². The molecule has 0 saturated carbocycles. The molecule has 1 N–H and O–H groups in total. The van der Waals surface area contributed by atoms with Gasteiger partial charge in [-0.25, -0.2) is 0 Å². The fraction of sp³-hybridized carbons (Fsp3) is 0.594. The second kappa shape index (κ2) is 14.2. The minimum atomic E-state index is -1.18. The number of ether oxygens (including phenoxy) is 2. The molecule has 0 radical (unpaired) electrons. The van der Waals surface area contributed by atoms with Gasteiger partial charge in [0.15, 0.2) is 0 Å². The normalized spacial score (nSPS) is 27.6. The van der Waals surface area contributed by atoms with Crippen LogP contribution in [0.3, 0.4) is 0 Å². The van der Waals surface area contributed by atoms with E-state index < -0.39 is 35.6 Å². The topological polar surface area (TPSA) is 99.6 Å². The summed E-state index contributed by atoms with van der Waals surface area (Å²) in [6, 6.07) is 6.84. The third-order valence-corrected chi connectivity index (χ3v) is 9.61. The first-order valence-corrected chi connectivity index (χ1v) is 16.0. The molecule has 3 heterocycles. The molecule has 42 heavy (non-hydrogen) atoms. The Bertz CT molecular complexity index is 1140. The molecular weight excluding hydrogens is 602 g/mol. The third-order valence-electron chi connectivity index (χ3n) is 8.77. The van der Waals surface area contributed by atoms with Crippen molar-refractivity contribution in [1.82, 2.24) is 4.90 Å². The average Bonchev–Trinajstić information content (AvgIpc) is 3.58. The lowest BCUT2D eigenvalue weighted by Crippen LogP contribution is -2.57. The van der Waals surface area contributed by atoms with Crippen molar-refractivity contribution in [2.75, 3.05) is 49.2 Å². The van der Waals surface area contributed by atoms with Crippen molar-refractivity contribution >= 4 is 45.1 Å². The van der Waals surface area contributed by atoms with Crippen LogP contribution in [-0.4, -0.2) is 89.8 Å². The lowest BCUT2D eigenvalue weighted by molar-refractivity contribution is -0.155. The molecule has 230 valence electrons. The van der Waals surface area contributed by atoms with Crippen LogP contribution >= 0.6 is 15.9 Å². The van der Waals surface area contributed by atoms with Gasteiger partial charge in [-0.1, -0.05) is 28.1 Å². The number of hydrogen-bond acceptors (Lipinski definition) is 7. The molecule has 3 fully saturated rings. The average molecular weight is 647 g/mol. The number of carbonyl (C=O) groups is 3. The summed E-state index contributed by atoms with van der Waals surface area (Å²) in [4.78, 5) is 47.2. The van der Waals surface area contributed by atoms with Crippen molar-refractivity contribution in [3.63, 3.8) is 0 Å². The number of amides is 2. The monoisotopic (exact) mass is 645 g/mol. The van der Waals surface area contributed by atoms with Crippen LogP contribution in [0.25, 0.3) is 0 Å². The molecule has 3 aliphatic heterocycles. The molecule has 1 spiro atoms. The second-order valence-electron chi connectivity index (χ2n) is 11.2. The highest BCUT2D eigenvalue weighted by Crippen LogP contribution is 2.60. The minimum Gasteiger partial charge on any atom is -0.465 e. The number of hydrogen-bond donors (Lipinski definition) is 1. The maximum absolute atomic E-state index is 14.6. The Kier molecular flexibility index (Phi) is 10.9. The van der Waals surface area contributed by atoms with E-state index in [0.717, 1.165) is 31.6 Å². The van der Waals surface area contributed by atoms with Crippen LogP contribution in [0.5, 0.6) is 0 Å². The molecule has 0 aliphatic carbocycles. The van der Waals surface area contributed by atoms with Gasteiger partial charge in [0.05, 0.1) is 24.5 Å². The number of likely N-dealkylation sites (tertiary alicyclic amines) is 1. The van der Waals surface area contributed by atoms with Crippen LogP contribution in [0.1, 0.15) is 46.0 Å². The van der Waals surface area contributed by atoms with Crippen molar-refractivity contribution in [2.45, 2.75) is 68.5 Å². The van der Waals surface area contributed by atoms with Crippen LogP contribution in [0, 0.1) is 11.8 Å². The predicted molar refractivity (Wildman–Crippen MR) is 167 cm³/mol. The van der Waals surface area contributed by atoms with E-state index in [0.29, 0.717) is 24.9 Å². The van der Waals surface area contributed by atoms with E-state index in [1.165, 1.54) is 4.90 Å². The molecule has 9 nitrogen and oxygen atoms in total. The molecule has 2 bridgehead atoms. The van der Waals surface area contributed by atoms with Gasteiger partial charge in [0, 0.05) is 49.0 Å². The number of rotatable bonds is 16. The Morgan fingerprint density at radius 1 is 1.14 bits per heavy atom. The molecule has 3 aliphatic rings. The van der Waals surface area contributed by atoms with E-state index in [9.17, 15) is 19.5 Å². The number of anilines is 2. The van der Waals surface area contributed by atoms with Crippen molar-refractivity contribution in [1.29, 1.82) is 0 Å². The largest absolute Gasteiger partial charge is 0.465 e. The maximum Gasteiger partial charge on any atom is 0.312 e. The number of unbranched alkanes of at least 4 members (excludes halogenated alkanes) is 2. The number of nitrogens with zero attached hydrogens (tertiary/aromatic N) is 3. The standard InChI is InChI=1S/C32H44BrN3O6/c1-5-9-10-11-20-41-31(40)25-26-29(38)36(18-12-19-37)28(32(26)21-24(33)27(25)42-32)30(39)35(17-6-2)23-15-13-22(14-16-23)34(7-3)8-4/h5-6,13-16,24-28,37H,1-2,7-12,17-21H2,3-4H3/t24?,25-,26-,27-,28?,32?/m0/s1. The number of aliphatic hydroxyl groups excluding tert-OH is 1. The summed E-state index contributed by atoms with van der Waals surface area (Å²) in [5, 5.41) is 9.62. The summed E-state index contributed by atoms with van der Waals surface area (Å²) in [6.45, 7) is 14.1. The highest BCUT2D eigenvalue weighted by molar-refractivity contribution is 9.09. The van der Waals surface area contributed by atoms with Gasteiger partial charge in [-0.05, 0) is 70.2 Å². The van der Waals surface area contributed by atoms with Gasteiger partial charge in [-0.3, -0.25) is 14.4 Å². The Balaban J connectivity index is 1.66. The van der Waals surface area contributed by atoms with E-state index in [-0.39, 0.29) is 42.9 Å². The van der Waals surface area contributed by atoms with Crippen molar-refractivity contribution in [3.8, 4) is 0 Å². The first-order valence-electron chi connectivity index (χ1n) is 15.1. The van der Waals surface area contributed by atoms with Gasteiger partial charge in [0.2, 0.25) is 5.91 Å². The summed E-state index contributed by atoms with van der Waals surface area (Å²) >= 11 is 3.70. The Morgan fingerprint density at radius 3 is 2.45 bits per heavy atom. The minimum absolute atomic E-state index is 0.133. The van der Waals surface area contributed by atoms with Crippen LogP contribution in [0.2, 0.25) is 0 Å². The molecule has 10 heteroatoms. The molecule has 3 saturated heterocycles. The van der Waals surface area contributed by atoms with E-state index in [4.69, 9.17) is 9.47 Å². The summed E-state index contributed by atoms with van der Waals surface area (Å²) in [5.41, 5.74) is 0.554. The fourth-order valence-corrected chi connectivity index (χ4v) is 7.79. The number of alkyl halides is 1. The molecule has 1 aromatic carbocycles. The molecule has 0 aromatic heterocycles. The molecule has 6 atom stereocenters. The highest BCUT2D eigenvalue weighted by atomic mass is 79.9. The number of halogens is 1. The summed E-state index contributed by atoms with van der Waals surface area (Å²) in [6.07, 6.45) is 6.02. The number of benzene rings is 1. The van der Waals surface area contributed by atoms with Crippen molar-refractivity contribution in [3.05, 3.63) is 49.6 Å². The predicted octanol–water partition coefficient (Wildman–Crippen LogP) is 4.08. The zero-order chi connectivity index (χ0) is 30.4. The van der Waals surface area contributed by atoms with E-state index in [1.807, 2.05) is 30.3 Å². The molecular formula is C32H44BrN3O6. The first-order chi connectivity index (χ1) is 20.3. The summed E-state index contributed by atoms with van der Waals surface area (Å²) in [7, 11) is 0. The Hall–Kier alpha value is -2.69. The smallest absolute Gasteiger partial charge is 0.312 e. The van der Waals surface area contributed by atoms with Gasteiger partial charge < -0.3 is 29.3 Å². The second-order valence-corrected chi connectivity index (χ2v) is 12.3. The third kappa shape index (κ3) is 5.90. The van der Waals surface area contributed by atoms with Crippen LogP contribution in [0.4, 0.5) is 11.4 Å². The highest BCUT2D eigenvalue weighted by Gasteiger charge is 2.77. The zero-order valence-electron chi connectivity index (χ0n) is 24.8. The quantitative estimate of drug-likeness (QED) is 0.125. The molecule has 1 aromatic rings. The van der Waals surface area contributed by atoms with Crippen LogP contribution < -0.4 is 9.80 Å². The maximum atomic E-state index is 14.6. The lowest BCUT2D eigenvalue weighted by atomic mass is 9.70. The van der Waals surface area contributed by atoms with Crippen LogP contribution in [-0.2, 0) is 23.9 Å². The Labute approximate surface area is 257 Å². The zero-order valence-corrected chi connectivity index (χ0v) is 26.3. The van der Waals surface area contributed by atoms with Gasteiger partial charge in [-0.2, -0.15) is 0 Å². The number of aliphatic hydroxyl groups is 1. The summed E-state index contributed by atoms with van der Waals surface area (Å²) in [5.74, 6) is -2.70. The number of carbonyl (C=O) groups excluding carboxylic acids is 3. The first kappa shape index (κ1) is 32.2.